The van der Waals surface area contributed by atoms with Crippen LogP contribution in [-0.4, -0.2) is 38.5 Å². The molecule has 0 radical (unpaired) electrons. The molecule has 5 N–H and O–H groups in total. The van der Waals surface area contributed by atoms with E-state index in [0.29, 0.717) is 11.3 Å². The lowest BCUT2D eigenvalue weighted by Gasteiger charge is -2.16. The molecule has 1 fully saturated rings. The van der Waals surface area contributed by atoms with Crippen LogP contribution in [0.4, 0.5) is 5.69 Å². The van der Waals surface area contributed by atoms with Gasteiger partial charge in [-0.05, 0) is 53.9 Å². The predicted molar refractivity (Wildman–Crippen MR) is 135 cm³/mol. The molecule has 1 unspecified atom stereocenters. The average molecular weight is 504 g/mol. The van der Waals surface area contributed by atoms with Gasteiger partial charge in [-0.15, -0.1) is 0 Å². The number of halogens is 1. The van der Waals surface area contributed by atoms with E-state index >= 15 is 0 Å². The molecule has 36 heavy (non-hydrogen) atoms. The highest BCUT2D eigenvalue weighted by atomic mass is 35.5. The summed E-state index contributed by atoms with van der Waals surface area (Å²) in [5.41, 5.74) is 1.44. The number of aromatic amines is 1. The number of rotatable bonds is 7. The molecular weight excluding hydrogens is 482 g/mol. The van der Waals surface area contributed by atoms with Gasteiger partial charge >= 0.3 is 5.97 Å². The Morgan fingerprint density at radius 3 is 2.61 bits per heavy atom. The number of para-hydroxylation sites is 1. The van der Waals surface area contributed by atoms with Crippen LogP contribution in [-0.2, 0) is 16.0 Å². The highest BCUT2D eigenvalue weighted by Crippen LogP contribution is 2.53. The molecule has 1 aliphatic carbocycles. The zero-order valence-electron chi connectivity index (χ0n) is 18.9. The quantitative estimate of drug-likeness (QED) is 0.254. The Balaban J connectivity index is 1.29. The molecule has 9 heteroatoms. The first-order valence-corrected chi connectivity index (χ1v) is 11.6. The Hall–Kier alpha value is -4.30. The van der Waals surface area contributed by atoms with E-state index in [1.807, 2.05) is 24.3 Å². The maximum Gasteiger partial charge on any atom is 0.330 e. The van der Waals surface area contributed by atoms with Crippen molar-refractivity contribution in [3.05, 3.63) is 94.6 Å². The van der Waals surface area contributed by atoms with Gasteiger partial charge < -0.3 is 25.8 Å². The van der Waals surface area contributed by atoms with Crippen LogP contribution in [0.3, 0.4) is 0 Å². The van der Waals surface area contributed by atoms with E-state index in [-0.39, 0.29) is 41.0 Å². The second-order valence-corrected chi connectivity index (χ2v) is 9.27. The second kappa shape index (κ2) is 9.05. The maximum atomic E-state index is 13.0. The maximum absolute atomic E-state index is 13.0. The third-order valence-corrected chi connectivity index (χ3v) is 6.76. The Morgan fingerprint density at radius 2 is 1.86 bits per heavy atom. The number of phenolic OH excluding ortho intramolecular Hbond substituents is 1. The number of hydrogen-bond acceptors (Lipinski definition) is 4. The van der Waals surface area contributed by atoms with Crippen molar-refractivity contribution in [1.82, 2.24) is 10.3 Å². The van der Waals surface area contributed by atoms with Crippen molar-refractivity contribution in [3.63, 3.8) is 0 Å². The molecule has 182 valence electrons. The van der Waals surface area contributed by atoms with Crippen LogP contribution >= 0.6 is 11.6 Å². The van der Waals surface area contributed by atoms with E-state index in [0.717, 1.165) is 16.5 Å². The first-order valence-electron chi connectivity index (χ1n) is 11.3. The molecule has 1 aromatic heterocycles. The Bertz CT molecular complexity index is 1510. The van der Waals surface area contributed by atoms with Gasteiger partial charge in [0.25, 0.3) is 5.91 Å². The third kappa shape index (κ3) is 4.38. The fourth-order valence-electron chi connectivity index (χ4n) is 4.55. The topological polar surface area (TPSA) is 132 Å². The van der Waals surface area contributed by atoms with Gasteiger partial charge in [-0.2, -0.15) is 0 Å². The van der Waals surface area contributed by atoms with Crippen molar-refractivity contribution in [2.45, 2.75) is 24.3 Å². The standard InChI is InChI=1S/C27H22ClN3O5/c28-22-12-16(30-24(33)11-15-4-3-5-17(32)10-15)8-9-19(22)25(34)31-27(26(35)36)13-21(27)20-14-29-23-7-2-1-6-18(20)23/h1-10,12,14,21,29,32H,11,13H2,(H,30,33)(H,31,34)(H,35,36)/t21?,27-/m1/s1. The Morgan fingerprint density at radius 1 is 1.06 bits per heavy atom. The molecule has 1 heterocycles. The Labute approximate surface area is 210 Å². The van der Waals surface area contributed by atoms with Gasteiger partial charge in [0.05, 0.1) is 17.0 Å². The van der Waals surface area contributed by atoms with E-state index in [2.05, 4.69) is 15.6 Å². The number of carbonyl (C=O) groups excluding carboxylic acids is 2. The normalized spacial score (nSPS) is 18.5. The van der Waals surface area contributed by atoms with Crippen molar-refractivity contribution in [2.75, 3.05) is 5.32 Å². The molecular formula is C27H22ClN3O5. The largest absolute Gasteiger partial charge is 0.508 e. The number of fused-ring (bicyclic) bond motifs is 1. The number of aromatic hydroxyl groups is 1. The van der Waals surface area contributed by atoms with E-state index in [4.69, 9.17) is 11.6 Å². The molecule has 0 spiro atoms. The lowest BCUT2D eigenvalue weighted by molar-refractivity contribution is -0.140. The number of amides is 2. The van der Waals surface area contributed by atoms with Crippen LogP contribution in [0.15, 0.2) is 72.9 Å². The van der Waals surface area contributed by atoms with Crippen molar-refractivity contribution >= 4 is 46.0 Å². The summed E-state index contributed by atoms with van der Waals surface area (Å²) in [5, 5.41) is 25.9. The highest BCUT2D eigenvalue weighted by molar-refractivity contribution is 6.34. The van der Waals surface area contributed by atoms with Crippen LogP contribution in [0.25, 0.3) is 10.9 Å². The fourth-order valence-corrected chi connectivity index (χ4v) is 4.82. The number of anilines is 1. The summed E-state index contributed by atoms with van der Waals surface area (Å²) in [7, 11) is 0. The second-order valence-electron chi connectivity index (χ2n) is 8.87. The first kappa shape index (κ1) is 23.4. The van der Waals surface area contributed by atoms with Crippen LogP contribution in [0.1, 0.15) is 33.8 Å². The zero-order chi connectivity index (χ0) is 25.4. The number of aliphatic carboxylic acids is 1. The zero-order valence-corrected chi connectivity index (χ0v) is 19.7. The van der Waals surface area contributed by atoms with Gasteiger partial charge in [-0.3, -0.25) is 9.59 Å². The minimum atomic E-state index is -1.43. The number of hydrogen-bond donors (Lipinski definition) is 5. The number of H-pyrrole nitrogens is 1. The number of benzene rings is 3. The molecule has 3 aromatic carbocycles. The van der Waals surface area contributed by atoms with Gasteiger partial charge in [-0.1, -0.05) is 41.9 Å². The Kier molecular flexibility index (Phi) is 5.89. The molecule has 0 aliphatic heterocycles. The van der Waals surface area contributed by atoms with Crippen molar-refractivity contribution in [3.8, 4) is 5.75 Å². The summed E-state index contributed by atoms with van der Waals surface area (Å²) < 4.78 is 0. The third-order valence-electron chi connectivity index (χ3n) is 6.45. The summed E-state index contributed by atoms with van der Waals surface area (Å²) in [6.07, 6.45) is 2.09. The van der Waals surface area contributed by atoms with Gasteiger partial charge in [0.2, 0.25) is 5.91 Å². The van der Waals surface area contributed by atoms with Crippen LogP contribution < -0.4 is 10.6 Å². The lowest BCUT2D eigenvalue weighted by Crippen LogP contribution is -2.44. The van der Waals surface area contributed by atoms with E-state index in [1.165, 1.54) is 30.3 Å². The molecule has 2 amide bonds. The number of carboxylic acids is 1. The van der Waals surface area contributed by atoms with Crippen LogP contribution in [0.5, 0.6) is 5.75 Å². The average Bonchev–Trinajstić information content (AvgIpc) is 3.39. The molecule has 1 aliphatic rings. The summed E-state index contributed by atoms with van der Waals surface area (Å²) in [5.74, 6) is -2.36. The number of phenols is 1. The number of carboxylic acid groups (broad SMARTS) is 1. The molecule has 0 saturated heterocycles. The lowest BCUT2D eigenvalue weighted by atomic mass is 10.0. The fraction of sp³-hybridized carbons (Fsp3) is 0.148. The minimum absolute atomic E-state index is 0.0462. The molecule has 1 saturated carbocycles. The molecule has 0 bridgehead atoms. The van der Waals surface area contributed by atoms with Gasteiger partial charge in [0.15, 0.2) is 0 Å². The van der Waals surface area contributed by atoms with Crippen molar-refractivity contribution < 1.29 is 24.6 Å². The summed E-state index contributed by atoms with van der Waals surface area (Å²) >= 11 is 6.33. The predicted octanol–water partition coefficient (Wildman–Crippen LogP) is 4.45. The van der Waals surface area contributed by atoms with E-state index < -0.39 is 17.4 Å². The molecule has 2 atom stereocenters. The highest BCUT2D eigenvalue weighted by Gasteiger charge is 2.63. The van der Waals surface area contributed by atoms with E-state index in [9.17, 15) is 24.6 Å². The van der Waals surface area contributed by atoms with Crippen molar-refractivity contribution in [1.29, 1.82) is 0 Å². The summed E-state index contributed by atoms with van der Waals surface area (Å²) in [4.78, 5) is 40.7. The van der Waals surface area contributed by atoms with E-state index in [1.54, 1.807) is 18.3 Å². The smallest absolute Gasteiger partial charge is 0.330 e. The van der Waals surface area contributed by atoms with Crippen LogP contribution in [0.2, 0.25) is 5.02 Å². The van der Waals surface area contributed by atoms with Gasteiger partial charge in [-0.25, -0.2) is 4.79 Å². The van der Waals surface area contributed by atoms with Crippen LogP contribution in [0, 0.1) is 0 Å². The first-order chi connectivity index (χ1) is 17.3. The minimum Gasteiger partial charge on any atom is -0.508 e. The summed E-state index contributed by atoms with van der Waals surface area (Å²) in [6.45, 7) is 0. The van der Waals surface area contributed by atoms with Gasteiger partial charge in [0.1, 0.15) is 11.3 Å². The molecule has 5 rings (SSSR count). The SMILES string of the molecule is O=C(Cc1cccc(O)c1)Nc1ccc(C(=O)N[C@]2(C(=O)O)CC2c2c[nH]c3ccccc23)c(Cl)c1. The van der Waals surface area contributed by atoms with Gasteiger partial charge in [0, 0.05) is 28.7 Å². The molecule has 4 aromatic rings. The summed E-state index contributed by atoms with van der Waals surface area (Å²) in [6, 6.07) is 18.4. The number of carbonyl (C=O) groups is 3. The monoisotopic (exact) mass is 503 g/mol. The number of nitrogens with one attached hydrogen (secondary N) is 3. The van der Waals surface area contributed by atoms with Crippen molar-refractivity contribution in [2.24, 2.45) is 0 Å². The molecule has 8 nitrogen and oxygen atoms in total. The number of aromatic nitrogens is 1.